The number of carbonyl (C=O) groups is 1. The fourth-order valence-corrected chi connectivity index (χ4v) is 3.27. The fourth-order valence-electron chi connectivity index (χ4n) is 3.27. The van der Waals surface area contributed by atoms with Crippen molar-refractivity contribution in [3.05, 3.63) is 41.7 Å². The summed E-state index contributed by atoms with van der Waals surface area (Å²) >= 11 is 0. The van der Waals surface area contributed by atoms with Crippen LogP contribution in [0.1, 0.15) is 37.0 Å². The number of nitrogens with one attached hydrogen (secondary N) is 1. The first kappa shape index (κ1) is 13.0. The summed E-state index contributed by atoms with van der Waals surface area (Å²) in [5.74, 6) is 1.17. The van der Waals surface area contributed by atoms with Gasteiger partial charge in [-0.25, -0.2) is 5.43 Å². The van der Waals surface area contributed by atoms with Crippen LogP contribution in [0.2, 0.25) is 0 Å². The minimum absolute atomic E-state index is 0.225. The largest absolute Gasteiger partial charge is 0.272 e. The summed E-state index contributed by atoms with van der Waals surface area (Å²) in [6.45, 7) is 4.64. The number of carbonyl (C=O) groups excluding carboxylic acids is 1. The Balaban J connectivity index is 1.62. The maximum Gasteiger partial charge on any atom is 0.272 e. The molecule has 1 amide bonds. The number of allylic oxidation sites excluding steroid dienone is 2. The second kappa shape index (κ2) is 4.85. The maximum atomic E-state index is 11.8. The summed E-state index contributed by atoms with van der Waals surface area (Å²) in [4.78, 5) is 15.7. The van der Waals surface area contributed by atoms with Gasteiger partial charge in [-0.3, -0.25) is 9.78 Å². The van der Waals surface area contributed by atoms with Gasteiger partial charge in [0.05, 0.1) is 11.8 Å². The van der Waals surface area contributed by atoms with Crippen LogP contribution >= 0.6 is 0 Å². The lowest BCUT2D eigenvalue weighted by Gasteiger charge is -2.55. The zero-order valence-corrected chi connectivity index (χ0v) is 11.8. The van der Waals surface area contributed by atoms with E-state index in [1.165, 1.54) is 18.2 Å². The van der Waals surface area contributed by atoms with E-state index in [0.29, 0.717) is 16.9 Å². The van der Waals surface area contributed by atoms with Crippen LogP contribution in [-0.4, -0.2) is 17.1 Å². The second-order valence-electron chi connectivity index (χ2n) is 6.19. The molecule has 0 aliphatic heterocycles. The number of hydrogen-bond donors (Lipinski definition) is 1. The van der Waals surface area contributed by atoms with E-state index in [-0.39, 0.29) is 5.91 Å². The molecule has 1 N–H and O–H groups in total. The maximum absolute atomic E-state index is 11.8. The Labute approximate surface area is 119 Å². The number of aromatic nitrogens is 1. The highest BCUT2D eigenvalue weighted by molar-refractivity contribution is 5.94. The Bertz CT molecular complexity index is 575. The van der Waals surface area contributed by atoms with E-state index in [4.69, 9.17) is 0 Å². The number of fused-ring (bicyclic) bond motifs is 1. The van der Waals surface area contributed by atoms with Gasteiger partial charge < -0.3 is 0 Å². The van der Waals surface area contributed by atoms with Crippen LogP contribution in [-0.2, 0) is 0 Å². The van der Waals surface area contributed by atoms with Crippen molar-refractivity contribution in [2.45, 2.75) is 26.7 Å². The lowest BCUT2D eigenvalue weighted by Crippen LogP contribution is -2.48. The predicted molar refractivity (Wildman–Crippen MR) is 78.3 cm³/mol. The molecule has 1 aromatic heterocycles. The highest BCUT2D eigenvalue weighted by Crippen LogP contribution is 2.58. The smallest absolute Gasteiger partial charge is 0.267 e. The Morgan fingerprint density at radius 2 is 2.40 bits per heavy atom. The highest BCUT2D eigenvalue weighted by atomic mass is 16.2. The van der Waals surface area contributed by atoms with Crippen LogP contribution in [0.4, 0.5) is 0 Å². The Kier molecular flexibility index (Phi) is 3.16. The van der Waals surface area contributed by atoms with Crippen LogP contribution in [0, 0.1) is 17.3 Å². The van der Waals surface area contributed by atoms with Gasteiger partial charge in [0, 0.05) is 12.4 Å². The molecule has 0 spiro atoms. The number of nitrogens with zero attached hydrogens (tertiary/aromatic N) is 2. The van der Waals surface area contributed by atoms with Crippen molar-refractivity contribution in [1.29, 1.82) is 0 Å². The number of pyridine rings is 1. The lowest BCUT2D eigenvalue weighted by molar-refractivity contribution is -0.00126. The van der Waals surface area contributed by atoms with Gasteiger partial charge in [0.1, 0.15) is 0 Å². The van der Waals surface area contributed by atoms with E-state index in [1.54, 1.807) is 24.5 Å². The van der Waals surface area contributed by atoms with Crippen LogP contribution in [0.5, 0.6) is 0 Å². The van der Waals surface area contributed by atoms with Gasteiger partial charge >= 0.3 is 0 Å². The summed E-state index contributed by atoms with van der Waals surface area (Å²) < 4.78 is 0. The molecule has 2 unspecified atom stereocenters. The van der Waals surface area contributed by atoms with Crippen molar-refractivity contribution >= 4 is 12.1 Å². The molecule has 1 saturated carbocycles. The monoisotopic (exact) mass is 269 g/mol. The number of hydrogen-bond acceptors (Lipinski definition) is 3. The zero-order chi connectivity index (χ0) is 14.2. The third-order valence-corrected chi connectivity index (χ3v) is 4.81. The van der Waals surface area contributed by atoms with Gasteiger partial charge in [-0.05, 0) is 47.8 Å². The molecular weight excluding hydrogens is 250 g/mol. The van der Waals surface area contributed by atoms with Gasteiger partial charge in [-0.15, -0.1) is 0 Å². The summed E-state index contributed by atoms with van der Waals surface area (Å²) in [5, 5.41) is 4.09. The first-order chi connectivity index (χ1) is 9.59. The van der Waals surface area contributed by atoms with Crippen molar-refractivity contribution in [3.8, 4) is 0 Å². The van der Waals surface area contributed by atoms with Gasteiger partial charge in [0.15, 0.2) is 0 Å². The average Bonchev–Trinajstić information content (AvgIpc) is 2.48. The minimum Gasteiger partial charge on any atom is -0.267 e. The summed E-state index contributed by atoms with van der Waals surface area (Å²) in [6, 6.07) is 3.46. The van der Waals surface area contributed by atoms with Gasteiger partial charge in [0.2, 0.25) is 0 Å². The fraction of sp³-hybridized carbons (Fsp3) is 0.438. The van der Waals surface area contributed by atoms with E-state index in [1.807, 2.05) is 0 Å². The molecule has 0 aromatic carbocycles. The molecule has 4 rings (SSSR count). The first-order valence-electron chi connectivity index (χ1n) is 7.02. The Morgan fingerprint density at radius 1 is 1.55 bits per heavy atom. The molecule has 4 nitrogen and oxygen atoms in total. The van der Waals surface area contributed by atoms with Gasteiger partial charge in [-0.2, -0.15) is 5.10 Å². The normalized spacial score (nSPS) is 26.8. The van der Waals surface area contributed by atoms with Crippen molar-refractivity contribution in [2.24, 2.45) is 22.4 Å². The molecule has 2 bridgehead atoms. The summed E-state index contributed by atoms with van der Waals surface area (Å²) in [7, 11) is 0. The van der Waals surface area contributed by atoms with E-state index < -0.39 is 0 Å². The molecule has 0 radical (unpaired) electrons. The van der Waals surface area contributed by atoms with E-state index in [0.717, 1.165) is 12.3 Å². The predicted octanol–water partition coefficient (Wildman–Crippen LogP) is 2.79. The van der Waals surface area contributed by atoms with Crippen LogP contribution in [0.25, 0.3) is 0 Å². The zero-order valence-electron chi connectivity index (χ0n) is 11.8. The van der Waals surface area contributed by atoms with Gasteiger partial charge in [-0.1, -0.05) is 19.9 Å². The molecule has 3 aliphatic carbocycles. The van der Waals surface area contributed by atoms with Crippen LogP contribution in [0.3, 0.4) is 0 Å². The van der Waals surface area contributed by atoms with Crippen molar-refractivity contribution in [3.63, 3.8) is 0 Å². The molecule has 0 saturated heterocycles. The highest BCUT2D eigenvalue weighted by Gasteiger charge is 2.50. The van der Waals surface area contributed by atoms with Crippen molar-refractivity contribution < 1.29 is 4.79 Å². The molecule has 1 aromatic rings. The van der Waals surface area contributed by atoms with E-state index in [9.17, 15) is 4.79 Å². The molecule has 3 aliphatic rings. The van der Waals surface area contributed by atoms with Gasteiger partial charge in [0.25, 0.3) is 5.91 Å². The summed E-state index contributed by atoms with van der Waals surface area (Å²) in [5.41, 5.74) is 4.71. The molecule has 1 heterocycles. The quantitative estimate of drug-likeness (QED) is 0.677. The van der Waals surface area contributed by atoms with Crippen LogP contribution in [0.15, 0.2) is 41.3 Å². The first-order valence-corrected chi connectivity index (χ1v) is 7.02. The summed E-state index contributed by atoms with van der Waals surface area (Å²) in [6.07, 6.45) is 9.61. The Hall–Kier alpha value is -1.97. The number of amides is 1. The molecular formula is C16H19N3O. The number of rotatable bonds is 3. The minimum atomic E-state index is -0.225. The topological polar surface area (TPSA) is 54.4 Å². The third kappa shape index (κ3) is 2.15. The molecule has 4 heteroatoms. The van der Waals surface area contributed by atoms with E-state index in [2.05, 4.69) is 35.4 Å². The third-order valence-electron chi connectivity index (χ3n) is 4.81. The Morgan fingerprint density at radius 3 is 3.05 bits per heavy atom. The SMILES string of the molecule is CC1(C)C2CC=C(C=NNC(=O)c3cccnc3)C1C2. The van der Waals surface area contributed by atoms with Crippen molar-refractivity contribution in [2.75, 3.05) is 0 Å². The van der Waals surface area contributed by atoms with Crippen molar-refractivity contribution in [1.82, 2.24) is 10.4 Å². The standard InChI is InChI=1S/C16H19N3O/c1-16(2)13-6-5-11(14(16)8-13)10-18-19-15(20)12-4-3-7-17-9-12/h3-5,7,9-10,13-14H,6,8H2,1-2H3,(H,19,20). The molecule has 104 valence electrons. The average molecular weight is 269 g/mol. The second-order valence-corrected chi connectivity index (χ2v) is 6.19. The molecule has 20 heavy (non-hydrogen) atoms. The van der Waals surface area contributed by atoms with E-state index >= 15 is 0 Å². The molecule has 1 fully saturated rings. The van der Waals surface area contributed by atoms with Crippen LogP contribution < -0.4 is 5.43 Å². The molecule has 2 atom stereocenters. The lowest BCUT2D eigenvalue weighted by atomic mass is 9.49. The number of hydrazone groups is 1.